The van der Waals surface area contributed by atoms with Crippen molar-refractivity contribution in [3.63, 3.8) is 0 Å². The van der Waals surface area contributed by atoms with Crippen LogP contribution in [0.1, 0.15) is 11.1 Å². The minimum Gasteiger partial charge on any atom is -0.361 e. The topological polar surface area (TPSA) is 36.1 Å². The molecular weight excluding hydrogens is 176 g/mol. The Bertz CT molecular complexity index is 501. The monoisotopic (exact) mass is 186 g/mol. The Kier molecular flexibility index (Phi) is 1.42. The quantitative estimate of drug-likeness (QED) is 0.675. The van der Waals surface area contributed by atoms with Gasteiger partial charge in [0, 0.05) is 30.2 Å². The molecule has 3 nitrogen and oxygen atoms in total. The van der Waals surface area contributed by atoms with E-state index in [9.17, 15) is 4.79 Å². The molecule has 14 heavy (non-hydrogen) atoms. The van der Waals surface area contributed by atoms with E-state index >= 15 is 0 Å². The lowest BCUT2D eigenvalue weighted by Gasteiger charge is -2.22. The number of hydrogen-bond acceptors (Lipinski definition) is 1. The summed E-state index contributed by atoms with van der Waals surface area (Å²) in [6, 6.07) is 6.17. The van der Waals surface area contributed by atoms with Gasteiger partial charge in [0.2, 0.25) is 6.41 Å². The molecule has 0 unspecified atom stereocenters. The van der Waals surface area contributed by atoms with Gasteiger partial charge >= 0.3 is 0 Å². The summed E-state index contributed by atoms with van der Waals surface area (Å²) >= 11 is 0. The van der Waals surface area contributed by atoms with Crippen molar-refractivity contribution >= 4 is 17.3 Å². The largest absolute Gasteiger partial charge is 0.361 e. The molecular formula is C11H10N2O. The highest BCUT2D eigenvalue weighted by Gasteiger charge is 2.17. The van der Waals surface area contributed by atoms with Crippen LogP contribution in [0, 0.1) is 0 Å². The smallest absolute Gasteiger partial charge is 0.210 e. The first kappa shape index (κ1) is 7.62. The lowest BCUT2D eigenvalue weighted by Crippen LogP contribution is -2.23. The fraction of sp³-hybridized carbons (Fsp3) is 0.182. The van der Waals surface area contributed by atoms with E-state index in [1.807, 2.05) is 12.3 Å². The predicted molar refractivity (Wildman–Crippen MR) is 53.6 cm³/mol. The minimum atomic E-state index is 0.723. The van der Waals surface area contributed by atoms with Crippen LogP contribution in [-0.2, 0) is 17.9 Å². The Balaban J connectivity index is 2.28. The fourth-order valence-electron chi connectivity index (χ4n) is 2.16. The summed E-state index contributed by atoms with van der Waals surface area (Å²) in [5.41, 5.74) is 3.62. The lowest BCUT2D eigenvalue weighted by atomic mass is 10.0. The Labute approximate surface area is 81.3 Å². The Morgan fingerprint density at radius 1 is 1.29 bits per heavy atom. The molecule has 1 aliphatic rings. The van der Waals surface area contributed by atoms with Crippen molar-refractivity contribution in [1.82, 2.24) is 9.88 Å². The third-order valence-electron chi connectivity index (χ3n) is 2.77. The van der Waals surface area contributed by atoms with E-state index in [1.165, 1.54) is 22.0 Å². The van der Waals surface area contributed by atoms with Crippen LogP contribution in [0.4, 0.5) is 0 Å². The molecule has 70 valence electrons. The molecule has 1 aliphatic heterocycles. The van der Waals surface area contributed by atoms with Gasteiger partial charge in [-0.1, -0.05) is 12.1 Å². The summed E-state index contributed by atoms with van der Waals surface area (Å²) in [5, 5.41) is 1.30. The van der Waals surface area contributed by atoms with Gasteiger partial charge in [0.1, 0.15) is 0 Å². The number of aromatic amines is 1. The average molecular weight is 186 g/mol. The SMILES string of the molecule is O=CN1Cc2cccc3[nH]cc(c23)C1. The molecule has 0 bridgehead atoms. The summed E-state index contributed by atoms with van der Waals surface area (Å²) in [7, 11) is 0. The molecule has 1 amide bonds. The second kappa shape index (κ2) is 2.61. The highest BCUT2D eigenvalue weighted by atomic mass is 16.1. The molecule has 0 saturated carbocycles. The first-order valence-corrected chi connectivity index (χ1v) is 4.65. The normalized spacial score (nSPS) is 14.7. The van der Waals surface area contributed by atoms with Gasteiger partial charge in [-0.15, -0.1) is 0 Å². The van der Waals surface area contributed by atoms with E-state index in [4.69, 9.17) is 0 Å². The molecule has 0 spiro atoms. The zero-order chi connectivity index (χ0) is 9.54. The third kappa shape index (κ3) is 0.894. The summed E-state index contributed by atoms with van der Waals surface area (Å²) in [4.78, 5) is 15.7. The number of hydrogen-bond donors (Lipinski definition) is 1. The average Bonchev–Trinajstić information content (AvgIpc) is 2.64. The zero-order valence-electron chi connectivity index (χ0n) is 7.66. The van der Waals surface area contributed by atoms with Crippen molar-refractivity contribution in [2.24, 2.45) is 0 Å². The summed E-state index contributed by atoms with van der Waals surface area (Å²) in [6.07, 6.45) is 2.90. The van der Waals surface area contributed by atoms with E-state index in [0.717, 1.165) is 19.5 Å². The van der Waals surface area contributed by atoms with Crippen LogP contribution < -0.4 is 0 Å². The molecule has 2 aromatic rings. The van der Waals surface area contributed by atoms with Gasteiger partial charge in [-0.05, 0) is 17.2 Å². The highest BCUT2D eigenvalue weighted by molar-refractivity contribution is 5.87. The van der Waals surface area contributed by atoms with Gasteiger partial charge in [-0.3, -0.25) is 4.79 Å². The van der Waals surface area contributed by atoms with Crippen LogP contribution in [0.2, 0.25) is 0 Å². The fourth-order valence-corrected chi connectivity index (χ4v) is 2.16. The number of carbonyl (C=O) groups excluding carboxylic acids is 1. The second-order valence-electron chi connectivity index (χ2n) is 3.66. The lowest BCUT2D eigenvalue weighted by molar-refractivity contribution is -0.119. The van der Waals surface area contributed by atoms with Gasteiger partial charge in [-0.25, -0.2) is 0 Å². The molecule has 0 fully saturated rings. The summed E-state index contributed by atoms with van der Waals surface area (Å²) < 4.78 is 0. The van der Waals surface area contributed by atoms with Crippen LogP contribution >= 0.6 is 0 Å². The Hall–Kier alpha value is -1.77. The van der Waals surface area contributed by atoms with Crippen molar-refractivity contribution in [2.75, 3.05) is 0 Å². The number of rotatable bonds is 1. The molecule has 0 atom stereocenters. The van der Waals surface area contributed by atoms with Crippen molar-refractivity contribution < 1.29 is 4.79 Å². The summed E-state index contributed by atoms with van der Waals surface area (Å²) in [6.45, 7) is 1.45. The number of carbonyl (C=O) groups is 1. The van der Waals surface area contributed by atoms with Gasteiger partial charge in [0.25, 0.3) is 0 Å². The number of nitrogens with zero attached hydrogens (tertiary/aromatic N) is 1. The molecule has 1 aromatic heterocycles. The van der Waals surface area contributed by atoms with E-state index in [1.54, 1.807) is 4.90 Å². The van der Waals surface area contributed by atoms with Crippen LogP contribution in [0.5, 0.6) is 0 Å². The highest BCUT2D eigenvalue weighted by Crippen LogP contribution is 2.28. The van der Waals surface area contributed by atoms with Crippen LogP contribution in [0.25, 0.3) is 10.9 Å². The van der Waals surface area contributed by atoms with Gasteiger partial charge in [-0.2, -0.15) is 0 Å². The van der Waals surface area contributed by atoms with E-state index < -0.39 is 0 Å². The molecule has 3 rings (SSSR count). The Morgan fingerprint density at radius 2 is 2.14 bits per heavy atom. The number of benzene rings is 1. The van der Waals surface area contributed by atoms with Crippen molar-refractivity contribution in [1.29, 1.82) is 0 Å². The van der Waals surface area contributed by atoms with E-state index in [2.05, 4.69) is 17.1 Å². The van der Waals surface area contributed by atoms with Gasteiger partial charge < -0.3 is 9.88 Å². The third-order valence-corrected chi connectivity index (χ3v) is 2.77. The number of amides is 1. The van der Waals surface area contributed by atoms with Crippen molar-refractivity contribution in [3.05, 3.63) is 35.5 Å². The van der Waals surface area contributed by atoms with Gasteiger partial charge in [0.05, 0.1) is 0 Å². The first-order chi connectivity index (χ1) is 6.88. The molecule has 0 aliphatic carbocycles. The standard InChI is InChI=1S/C11H10N2O/c14-7-13-5-8-2-1-3-10-11(8)9(6-13)4-12-10/h1-4,7,12H,5-6H2. The zero-order valence-corrected chi connectivity index (χ0v) is 7.66. The molecule has 0 saturated heterocycles. The van der Waals surface area contributed by atoms with Crippen LogP contribution in [-0.4, -0.2) is 16.3 Å². The molecule has 1 N–H and O–H groups in total. The molecule has 3 heteroatoms. The maximum Gasteiger partial charge on any atom is 0.210 e. The number of nitrogens with one attached hydrogen (secondary N) is 1. The molecule has 2 heterocycles. The van der Waals surface area contributed by atoms with E-state index in [-0.39, 0.29) is 0 Å². The Morgan fingerprint density at radius 3 is 3.00 bits per heavy atom. The first-order valence-electron chi connectivity index (χ1n) is 4.65. The second-order valence-corrected chi connectivity index (χ2v) is 3.66. The van der Waals surface area contributed by atoms with Crippen molar-refractivity contribution in [3.8, 4) is 0 Å². The van der Waals surface area contributed by atoms with Crippen LogP contribution in [0.3, 0.4) is 0 Å². The maximum atomic E-state index is 10.7. The number of aromatic nitrogens is 1. The number of H-pyrrole nitrogens is 1. The summed E-state index contributed by atoms with van der Waals surface area (Å²) in [5.74, 6) is 0. The molecule has 1 aromatic carbocycles. The molecule has 0 radical (unpaired) electrons. The predicted octanol–water partition coefficient (Wildman–Crippen LogP) is 1.64. The maximum absolute atomic E-state index is 10.7. The minimum absolute atomic E-state index is 0.723. The van der Waals surface area contributed by atoms with E-state index in [0.29, 0.717) is 0 Å². The van der Waals surface area contributed by atoms with Crippen molar-refractivity contribution in [2.45, 2.75) is 13.1 Å². The van der Waals surface area contributed by atoms with Gasteiger partial charge in [0.15, 0.2) is 0 Å². The van der Waals surface area contributed by atoms with Crippen LogP contribution in [0.15, 0.2) is 24.4 Å².